The van der Waals surface area contributed by atoms with Crippen LogP contribution in [0, 0.1) is 0 Å². The molecule has 144 valence electrons. The van der Waals surface area contributed by atoms with E-state index in [0.29, 0.717) is 11.5 Å². The van der Waals surface area contributed by atoms with Crippen LogP contribution in [0.5, 0.6) is 11.5 Å². The SMILES string of the molecule is O[C@H](c1ccccc1)c1ccc(Oc2ccc([C@@H](O)c3ccccc3)cc2)cc1. The molecule has 0 unspecified atom stereocenters. The van der Waals surface area contributed by atoms with E-state index in [9.17, 15) is 10.2 Å². The highest BCUT2D eigenvalue weighted by atomic mass is 16.5. The third-order valence-corrected chi connectivity index (χ3v) is 4.86. The highest BCUT2D eigenvalue weighted by Gasteiger charge is 2.11. The number of benzene rings is 4. The summed E-state index contributed by atoms with van der Waals surface area (Å²) < 4.78 is 5.90. The van der Waals surface area contributed by atoms with E-state index < -0.39 is 12.2 Å². The van der Waals surface area contributed by atoms with Gasteiger partial charge in [0.15, 0.2) is 0 Å². The molecule has 0 heterocycles. The fraction of sp³-hybridized carbons (Fsp3) is 0.0769. The first-order chi connectivity index (χ1) is 14.2. The van der Waals surface area contributed by atoms with Gasteiger partial charge >= 0.3 is 0 Å². The van der Waals surface area contributed by atoms with E-state index in [1.54, 1.807) is 0 Å². The van der Waals surface area contributed by atoms with Crippen molar-refractivity contribution in [2.24, 2.45) is 0 Å². The second kappa shape index (κ2) is 8.74. The van der Waals surface area contributed by atoms with Crippen molar-refractivity contribution >= 4 is 0 Å². The minimum Gasteiger partial charge on any atom is -0.457 e. The van der Waals surface area contributed by atoms with Crippen LogP contribution in [0.2, 0.25) is 0 Å². The van der Waals surface area contributed by atoms with Crippen molar-refractivity contribution in [2.45, 2.75) is 12.2 Å². The predicted molar refractivity (Wildman–Crippen MR) is 114 cm³/mol. The molecule has 3 heteroatoms. The molecule has 2 atom stereocenters. The quantitative estimate of drug-likeness (QED) is 0.453. The smallest absolute Gasteiger partial charge is 0.127 e. The lowest BCUT2D eigenvalue weighted by Crippen LogP contribution is -1.99. The Kier molecular flexibility index (Phi) is 5.71. The van der Waals surface area contributed by atoms with Crippen molar-refractivity contribution in [1.82, 2.24) is 0 Å². The highest BCUT2D eigenvalue weighted by molar-refractivity contribution is 5.39. The van der Waals surface area contributed by atoms with Gasteiger partial charge in [0, 0.05) is 0 Å². The summed E-state index contributed by atoms with van der Waals surface area (Å²) in [5.41, 5.74) is 3.33. The van der Waals surface area contributed by atoms with Gasteiger partial charge in [-0.05, 0) is 46.5 Å². The molecule has 0 aliphatic rings. The first-order valence-electron chi connectivity index (χ1n) is 9.54. The third-order valence-electron chi connectivity index (χ3n) is 4.86. The largest absolute Gasteiger partial charge is 0.457 e. The molecule has 4 aromatic carbocycles. The molecule has 0 saturated heterocycles. The van der Waals surface area contributed by atoms with E-state index >= 15 is 0 Å². The summed E-state index contributed by atoms with van der Waals surface area (Å²) in [5, 5.41) is 21.0. The van der Waals surface area contributed by atoms with Crippen molar-refractivity contribution in [3.63, 3.8) is 0 Å². The summed E-state index contributed by atoms with van der Waals surface area (Å²) >= 11 is 0. The molecule has 0 fully saturated rings. The molecule has 3 nitrogen and oxygen atoms in total. The molecular formula is C26H22O3. The van der Waals surface area contributed by atoms with Crippen LogP contribution in [0.1, 0.15) is 34.5 Å². The zero-order chi connectivity index (χ0) is 20.1. The van der Waals surface area contributed by atoms with E-state index in [4.69, 9.17) is 4.74 Å². The zero-order valence-electron chi connectivity index (χ0n) is 15.8. The topological polar surface area (TPSA) is 49.7 Å². The van der Waals surface area contributed by atoms with Gasteiger partial charge in [-0.2, -0.15) is 0 Å². The molecule has 0 saturated carbocycles. The zero-order valence-corrected chi connectivity index (χ0v) is 15.8. The lowest BCUT2D eigenvalue weighted by atomic mass is 10.0. The number of ether oxygens (including phenoxy) is 1. The molecule has 2 N–H and O–H groups in total. The molecule has 0 aromatic heterocycles. The molecule has 4 aromatic rings. The number of rotatable bonds is 6. The van der Waals surface area contributed by atoms with E-state index in [2.05, 4.69) is 0 Å². The normalized spacial score (nSPS) is 12.9. The lowest BCUT2D eigenvalue weighted by Gasteiger charge is -2.14. The summed E-state index contributed by atoms with van der Waals surface area (Å²) in [6.07, 6.45) is -1.33. The van der Waals surface area contributed by atoms with Crippen LogP contribution in [0.4, 0.5) is 0 Å². The summed E-state index contributed by atoms with van der Waals surface area (Å²) in [5.74, 6) is 1.37. The predicted octanol–water partition coefficient (Wildman–Crippen LogP) is 5.64. The second-order valence-corrected chi connectivity index (χ2v) is 6.87. The molecule has 29 heavy (non-hydrogen) atoms. The first kappa shape index (κ1) is 18.9. The molecule has 0 amide bonds. The van der Waals surface area contributed by atoms with Gasteiger partial charge in [0.1, 0.15) is 23.7 Å². The fourth-order valence-corrected chi connectivity index (χ4v) is 3.23. The molecular weight excluding hydrogens is 360 g/mol. The Bertz CT molecular complexity index is 940. The molecule has 0 spiro atoms. The van der Waals surface area contributed by atoms with Gasteiger partial charge in [-0.1, -0.05) is 84.9 Å². The number of hydrogen-bond acceptors (Lipinski definition) is 3. The van der Waals surface area contributed by atoms with Crippen LogP contribution in [0.25, 0.3) is 0 Å². The van der Waals surface area contributed by atoms with E-state index in [-0.39, 0.29) is 0 Å². The van der Waals surface area contributed by atoms with Crippen molar-refractivity contribution in [3.8, 4) is 11.5 Å². The van der Waals surface area contributed by atoms with Crippen molar-refractivity contribution in [2.75, 3.05) is 0 Å². The van der Waals surface area contributed by atoms with Gasteiger partial charge in [0.25, 0.3) is 0 Å². The van der Waals surface area contributed by atoms with Crippen LogP contribution >= 0.6 is 0 Å². The number of hydrogen-bond donors (Lipinski definition) is 2. The van der Waals surface area contributed by atoms with Crippen LogP contribution in [0.3, 0.4) is 0 Å². The summed E-state index contributed by atoms with van der Waals surface area (Å²) in [6.45, 7) is 0. The second-order valence-electron chi connectivity index (χ2n) is 6.87. The number of aliphatic hydroxyl groups is 2. The maximum absolute atomic E-state index is 10.5. The summed E-state index contributed by atoms with van der Waals surface area (Å²) in [7, 11) is 0. The maximum Gasteiger partial charge on any atom is 0.127 e. The fourth-order valence-electron chi connectivity index (χ4n) is 3.23. The van der Waals surface area contributed by atoms with Gasteiger partial charge < -0.3 is 14.9 Å². The van der Waals surface area contributed by atoms with Gasteiger partial charge in [0.2, 0.25) is 0 Å². The summed E-state index contributed by atoms with van der Waals surface area (Å²) in [6, 6.07) is 33.9. The Hall–Kier alpha value is -3.40. The van der Waals surface area contributed by atoms with Gasteiger partial charge in [-0.15, -0.1) is 0 Å². The Morgan fingerprint density at radius 2 is 0.724 bits per heavy atom. The van der Waals surface area contributed by atoms with Crippen molar-refractivity contribution < 1.29 is 14.9 Å². The van der Waals surface area contributed by atoms with Gasteiger partial charge in [0.05, 0.1) is 0 Å². The number of aliphatic hydroxyl groups excluding tert-OH is 2. The van der Waals surface area contributed by atoms with Crippen molar-refractivity contribution in [1.29, 1.82) is 0 Å². The Morgan fingerprint density at radius 3 is 1.07 bits per heavy atom. The van der Waals surface area contributed by atoms with Crippen LogP contribution in [-0.4, -0.2) is 10.2 Å². The standard InChI is InChI=1S/C26H22O3/c27-25(19-7-3-1-4-8-19)21-11-15-23(16-12-21)29-24-17-13-22(14-18-24)26(28)20-9-5-2-6-10-20/h1-18,25-28H/t25-,26+. The van der Waals surface area contributed by atoms with E-state index in [0.717, 1.165) is 22.3 Å². The highest BCUT2D eigenvalue weighted by Crippen LogP contribution is 2.28. The van der Waals surface area contributed by atoms with Crippen molar-refractivity contribution in [3.05, 3.63) is 131 Å². The van der Waals surface area contributed by atoms with Crippen LogP contribution in [-0.2, 0) is 0 Å². The minimum absolute atomic E-state index is 0.663. The maximum atomic E-state index is 10.5. The van der Waals surface area contributed by atoms with Crippen LogP contribution in [0.15, 0.2) is 109 Å². The molecule has 0 aliphatic heterocycles. The molecule has 4 rings (SSSR count). The molecule has 0 radical (unpaired) electrons. The Balaban J connectivity index is 1.43. The van der Waals surface area contributed by atoms with E-state index in [1.807, 2.05) is 109 Å². The third kappa shape index (κ3) is 4.54. The first-order valence-corrected chi connectivity index (χ1v) is 9.54. The minimum atomic E-state index is -0.663. The average Bonchev–Trinajstić information content (AvgIpc) is 2.80. The van der Waals surface area contributed by atoms with Gasteiger partial charge in [-0.3, -0.25) is 0 Å². The Labute approximate surface area is 170 Å². The average molecular weight is 382 g/mol. The lowest BCUT2D eigenvalue weighted by molar-refractivity contribution is 0.220. The molecule has 0 aliphatic carbocycles. The van der Waals surface area contributed by atoms with Gasteiger partial charge in [-0.25, -0.2) is 0 Å². The Morgan fingerprint density at radius 1 is 0.414 bits per heavy atom. The molecule has 0 bridgehead atoms. The summed E-state index contributed by atoms with van der Waals surface area (Å²) in [4.78, 5) is 0. The monoisotopic (exact) mass is 382 g/mol. The van der Waals surface area contributed by atoms with E-state index in [1.165, 1.54) is 0 Å². The van der Waals surface area contributed by atoms with Crippen LogP contribution < -0.4 is 4.74 Å².